The maximum Gasteiger partial charge on any atom is 0.259 e. The number of amides is 2. The average molecular weight is 412 g/mol. The first-order valence-electron chi connectivity index (χ1n) is 9.12. The largest absolute Gasteiger partial charge is 0.496 e. The minimum absolute atomic E-state index is 0.0658. The van der Waals surface area contributed by atoms with Gasteiger partial charge in [0.05, 0.1) is 23.4 Å². The van der Waals surface area contributed by atoms with Crippen LogP contribution in [-0.4, -0.2) is 23.5 Å². The molecule has 0 radical (unpaired) electrons. The van der Waals surface area contributed by atoms with E-state index in [1.54, 1.807) is 36.4 Å². The fraction of sp³-hybridized carbons (Fsp3) is 0.182. The van der Waals surface area contributed by atoms with Crippen molar-refractivity contribution < 1.29 is 14.3 Å². The first kappa shape index (κ1) is 20.5. The number of rotatable bonds is 6. The molecular formula is C22H22ClN3O3. The lowest BCUT2D eigenvalue weighted by Crippen LogP contribution is -2.17. The van der Waals surface area contributed by atoms with Crippen LogP contribution in [0.1, 0.15) is 24.2 Å². The number of methoxy groups -OCH3 is 1. The predicted octanol–water partition coefficient (Wildman–Crippen LogP) is 4.99. The minimum atomic E-state index is -0.346. The fourth-order valence-corrected chi connectivity index (χ4v) is 2.97. The van der Waals surface area contributed by atoms with Crippen molar-refractivity contribution in [1.29, 1.82) is 0 Å². The third kappa shape index (κ3) is 4.78. The fourth-order valence-electron chi connectivity index (χ4n) is 2.70. The van der Waals surface area contributed by atoms with Gasteiger partial charge in [0, 0.05) is 35.8 Å². The van der Waals surface area contributed by atoms with Gasteiger partial charge in [0.15, 0.2) is 0 Å². The molecule has 3 aromatic rings. The van der Waals surface area contributed by atoms with Crippen molar-refractivity contribution in [2.24, 2.45) is 5.92 Å². The topological polar surface area (TPSA) is 72.4 Å². The Kier molecular flexibility index (Phi) is 6.24. The highest BCUT2D eigenvalue weighted by Crippen LogP contribution is 2.30. The van der Waals surface area contributed by atoms with Gasteiger partial charge in [-0.2, -0.15) is 0 Å². The van der Waals surface area contributed by atoms with Gasteiger partial charge >= 0.3 is 0 Å². The van der Waals surface area contributed by atoms with E-state index in [9.17, 15) is 9.59 Å². The van der Waals surface area contributed by atoms with Crippen molar-refractivity contribution in [2.45, 2.75) is 13.8 Å². The van der Waals surface area contributed by atoms with Gasteiger partial charge in [0.25, 0.3) is 5.91 Å². The van der Waals surface area contributed by atoms with Crippen LogP contribution in [0.5, 0.6) is 5.75 Å². The molecule has 6 nitrogen and oxygen atoms in total. The molecule has 0 aliphatic carbocycles. The highest BCUT2D eigenvalue weighted by Gasteiger charge is 2.17. The van der Waals surface area contributed by atoms with Crippen LogP contribution in [-0.2, 0) is 4.79 Å². The first-order valence-corrected chi connectivity index (χ1v) is 9.50. The molecule has 0 atom stereocenters. The minimum Gasteiger partial charge on any atom is -0.496 e. The number of carbonyl (C=O) groups is 2. The molecule has 0 saturated heterocycles. The van der Waals surface area contributed by atoms with Crippen molar-refractivity contribution >= 4 is 34.8 Å². The molecule has 2 amide bonds. The van der Waals surface area contributed by atoms with E-state index in [0.29, 0.717) is 27.7 Å². The van der Waals surface area contributed by atoms with E-state index in [0.717, 1.165) is 5.69 Å². The lowest BCUT2D eigenvalue weighted by atomic mass is 10.1. The zero-order valence-corrected chi connectivity index (χ0v) is 17.2. The molecule has 0 bridgehead atoms. The molecule has 150 valence electrons. The Balaban J connectivity index is 1.78. The van der Waals surface area contributed by atoms with Crippen LogP contribution in [0, 0.1) is 5.92 Å². The number of hydrogen-bond donors (Lipinski definition) is 2. The molecule has 0 aliphatic heterocycles. The summed E-state index contributed by atoms with van der Waals surface area (Å²) in [5.74, 6) is -0.108. The van der Waals surface area contributed by atoms with Crippen molar-refractivity contribution in [1.82, 2.24) is 4.57 Å². The standard InChI is InChI=1S/C22H22ClN3O3/c1-14(2)21(27)24-15-6-8-16(9-7-15)25-22(28)17-12-18(23)19(13-20(17)29-3)26-10-4-5-11-26/h4-14H,1-3H3,(H,24,27)(H,25,28). The van der Waals surface area contributed by atoms with Gasteiger partial charge in [-0.05, 0) is 42.5 Å². The molecule has 29 heavy (non-hydrogen) atoms. The normalized spacial score (nSPS) is 10.7. The third-order valence-corrected chi connectivity index (χ3v) is 4.63. The van der Waals surface area contributed by atoms with Crippen molar-refractivity contribution in [3.05, 3.63) is 71.5 Å². The SMILES string of the molecule is COc1cc(-n2cccc2)c(Cl)cc1C(=O)Nc1ccc(NC(=O)C(C)C)cc1. The zero-order chi connectivity index (χ0) is 21.0. The first-order chi connectivity index (χ1) is 13.9. The molecule has 0 fully saturated rings. The summed E-state index contributed by atoms with van der Waals surface area (Å²) in [6.45, 7) is 3.65. The molecule has 2 aromatic carbocycles. The van der Waals surface area contributed by atoms with E-state index in [4.69, 9.17) is 16.3 Å². The Labute approximate surface area is 174 Å². The number of ether oxygens (including phenoxy) is 1. The Hall–Kier alpha value is -3.25. The second-order valence-corrected chi connectivity index (χ2v) is 7.18. The Morgan fingerprint density at radius 1 is 1.00 bits per heavy atom. The maximum atomic E-state index is 12.8. The highest BCUT2D eigenvalue weighted by molar-refractivity contribution is 6.33. The molecule has 7 heteroatoms. The summed E-state index contributed by atoms with van der Waals surface area (Å²) < 4.78 is 7.25. The Morgan fingerprint density at radius 2 is 1.59 bits per heavy atom. The van der Waals surface area contributed by atoms with E-state index in [1.165, 1.54) is 7.11 Å². The number of carbonyl (C=O) groups excluding carboxylic acids is 2. The van der Waals surface area contributed by atoms with Gasteiger partial charge in [-0.15, -0.1) is 0 Å². The lowest BCUT2D eigenvalue weighted by Gasteiger charge is -2.14. The maximum absolute atomic E-state index is 12.8. The zero-order valence-electron chi connectivity index (χ0n) is 16.4. The number of nitrogens with one attached hydrogen (secondary N) is 2. The van der Waals surface area contributed by atoms with Crippen LogP contribution in [0.15, 0.2) is 60.9 Å². The molecule has 0 spiro atoms. The predicted molar refractivity (Wildman–Crippen MR) is 115 cm³/mol. The lowest BCUT2D eigenvalue weighted by molar-refractivity contribution is -0.118. The van der Waals surface area contributed by atoms with E-state index >= 15 is 0 Å². The second-order valence-electron chi connectivity index (χ2n) is 6.77. The highest BCUT2D eigenvalue weighted by atomic mass is 35.5. The molecule has 1 heterocycles. The summed E-state index contributed by atoms with van der Waals surface area (Å²) in [6, 6.07) is 14.0. The number of hydrogen-bond acceptors (Lipinski definition) is 3. The van der Waals surface area contributed by atoms with Gasteiger partial charge in [0.1, 0.15) is 5.75 Å². The van der Waals surface area contributed by atoms with Crippen LogP contribution < -0.4 is 15.4 Å². The molecule has 3 rings (SSSR count). The van der Waals surface area contributed by atoms with E-state index in [1.807, 2.05) is 42.9 Å². The molecule has 2 N–H and O–H groups in total. The molecule has 0 saturated carbocycles. The van der Waals surface area contributed by atoms with Crippen molar-refractivity contribution in [3.63, 3.8) is 0 Å². The number of nitrogens with zero attached hydrogens (tertiary/aromatic N) is 1. The average Bonchev–Trinajstić information content (AvgIpc) is 3.23. The third-order valence-electron chi connectivity index (χ3n) is 4.33. The summed E-state index contributed by atoms with van der Waals surface area (Å²) in [5, 5.41) is 6.06. The van der Waals surface area contributed by atoms with Crippen molar-refractivity contribution in [2.75, 3.05) is 17.7 Å². The van der Waals surface area contributed by atoms with Crippen molar-refractivity contribution in [3.8, 4) is 11.4 Å². The van der Waals surface area contributed by atoms with E-state index in [2.05, 4.69) is 10.6 Å². The second kappa shape index (κ2) is 8.84. The summed E-state index contributed by atoms with van der Waals surface area (Å²) in [6.07, 6.45) is 3.72. The van der Waals surface area contributed by atoms with Gasteiger partial charge < -0.3 is 19.9 Å². The molecule has 1 aromatic heterocycles. The van der Waals surface area contributed by atoms with Crippen LogP contribution in [0.4, 0.5) is 11.4 Å². The van der Waals surface area contributed by atoms with Crippen LogP contribution in [0.3, 0.4) is 0 Å². The smallest absolute Gasteiger partial charge is 0.259 e. The van der Waals surface area contributed by atoms with Gasteiger partial charge in [0.2, 0.25) is 5.91 Å². The Morgan fingerprint density at radius 3 is 2.14 bits per heavy atom. The van der Waals surface area contributed by atoms with Gasteiger partial charge in [-0.1, -0.05) is 25.4 Å². The number of benzene rings is 2. The summed E-state index contributed by atoms with van der Waals surface area (Å²) in [7, 11) is 1.51. The number of halogens is 1. The summed E-state index contributed by atoms with van der Waals surface area (Å²) in [4.78, 5) is 24.5. The van der Waals surface area contributed by atoms with Gasteiger partial charge in [-0.3, -0.25) is 9.59 Å². The molecule has 0 aliphatic rings. The van der Waals surface area contributed by atoms with E-state index in [-0.39, 0.29) is 17.7 Å². The quantitative estimate of drug-likeness (QED) is 0.600. The summed E-state index contributed by atoms with van der Waals surface area (Å²) >= 11 is 6.39. The van der Waals surface area contributed by atoms with Crippen LogP contribution in [0.2, 0.25) is 5.02 Å². The molecular weight excluding hydrogens is 390 g/mol. The van der Waals surface area contributed by atoms with Gasteiger partial charge in [-0.25, -0.2) is 0 Å². The van der Waals surface area contributed by atoms with Crippen LogP contribution in [0.25, 0.3) is 5.69 Å². The summed E-state index contributed by atoms with van der Waals surface area (Å²) in [5.41, 5.74) is 2.30. The van der Waals surface area contributed by atoms with Crippen LogP contribution >= 0.6 is 11.6 Å². The molecule has 0 unspecified atom stereocenters. The number of aromatic nitrogens is 1. The Bertz CT molecular complexity index is 1010. The monoisotopic (exact) mass is 411 g/mol. The number of anilines is 2. The van der Waals surface area contributed by atoms with E-state index < -0.39 is 0 Å².